The molecule has 25 heavy (non-hydrogen) atoms. The van der Waals surface area contributed by atoms with E-state index in [2.05, 4.69) is 21.7 Å². The lowest BCUT2D eigenvalue weighted by atomic mass is 10.1. The maximum Gasteiger partial charge on any atom is 0.317 e. The predicted octanol–water partition coefficient (Wildman–Crippen LogP) is 3.48. The first-order chi connectivity index (χ1) is 12.2. The molecule has 1 atom stereocenters. The molecule has 4 nitrogen and oxygen atoms in total. The molecule has 0 spiro atoms. The number of carbonyl (C=O) groups excluding carboxylic acids is 1. The molecule has 1 unspecified atom stereocenters. The average Bonchev–Trinajstić information content (AvgIpc) is 3.29. The van der Waals surface area contributed by atoms with Crippen molar-refractivity contribution in [2.24, 2.45) is 5.92 Å². The lowest BCUT2D eigenvalue weighted by Gasteiger charge is -2.27. The number of halogens is 1. The highest BCUT2D eigenvalue weighted by atomic mass is 32.1. The Kier molecular flexibility index (Phi) is 4.61. The number of nitrogens with one attached hydrogen (secondary N) is 1. The number of anilines is 1. The van der Waals surface area contributed by atoms with Crippen LogP contribution >= 0.6 is 11.3 Å². The zero-order chi connectivity index (χ0) is 17.2. The molecule has 1 aromatic heterocycles. The Bertz CT molecular complexity index is 745. The standard InChI is InChI=1S/C19H22FN3OS/c20-16-1-3-17(4-2-16)22-8-5-14(12-22)11-21-19(24)23-9-6-18-15(13-23)7-10-25-18/h1-4,7,10,14H,5-6,8-9,11-13H2,(H,21,24). The Morgan fingerprint density at radius 2 is 2.08 bits per heavy atom. The average molecular weight is 359 g/mol. The third-order valence-corrected chi connectivity index (χ3v) is 6.14. The van der Waals surface area contributed by atoms with Crippen molar-refractivity contribution in [1.29, 1.82) is 0 Å². The van der Waals surface area contributed by atoms with Gasteiger partial charge >= 0.3 is 6.03 Å². The Hall–Kier alpha value is -2.08. The van der Waals surface area contributed by atoms with Crippen LogP contribution in [0.15, 0.2) is 35.7 Å². The first-order valence-corrected chi connectivity index (χ1v) is 9.65. The van der Waals surface area contributed by atoms with Gasteiger partial charge in [0, 0.05) is 43.3 Å². The highest BCUT2D eigenvalue weighted by Crippen LogP contribution is 2.25. The molecule has 2 aliphatic heterocycles. The van der Waals surface area contributed by atoms with Crippen LogP contribution in [0.5, 0.6) is 0 Å². The van der Waals surface area contributed by atoms with Gasteiger partial charge in [-0.1, -0.05) is 0 Å². The first-order valence-electron chi connectivity index (χ1n) is 8.77. The molecule has 0 bridgehead atoms. The maximum atomic E-state index is 13.0. The van der Waals surface area contributed by atoms with Crippen molar-refractivity contribution in [2.45, 2.75) is 19.4 Å². The fraction of sp³-hybridized carbons (Fsp3) is 0.421. The molecule has 1 saturated heterocycles. The number of benzene rings is 1. The molecule has 1 N–H and O–H groups in total. The van der Waals surface area contributed by atoms with Gasteiger partial charge in [0.15, 0.2) is 0 Å². The summed E-state index contributed by atoms with van der Waals surface area (Å²) in [4.78, 5) is 18.0. The van der Waals surface area contributed by atoms with Crippen molar-refractivity contribution in [3.05, 3.63) is 52.0 Å². The van der Waals surface area contributed by atoms with Crippen LogP contribution in [-0.2, 0) is 13.0 Å². The summed E-state index contributed by atoms with van der Waals surface area (Å²) in [5.41, 5.74) is 2.34. The zero-order valence-electron chi connectivity index (χ0n) is 14.1. The molecule has 2 aliphatic rings. The van der Waals surface area contributed by atoms with Gasteiger partial charge in [0.1, 0.15) is 5.82 Å². The van der Waals surface area contributed by atoms with Gasteiger partial charge < -0.3 is 15.1 Å². The van der Waals surface area contributed by atoms with E-state index in [1.165, 1.54) is 22.6 Å². The number of carbonyl (C=O) groups is 1. The van der Waals surface area contributed by atoms with Crippen LogP contribution in [0.2, 0.25) is 0 Å². The Morgan fingerprint density at radius 3 is 2.92 bits per heavy atom. The van der Waals surface area contributed by atoms with Gasteiger partial charge in [0.05, 0.1) is 0 Å². The van der Waals surface area contributed by atoms with Gasteiger partial charge in [0.25, 0.3) is 0 Å². The van der Waals surface area contributed by atoms with Crippen molar-refractivity contribution in [2.75, 3.05) is 31.1 Å². The molecule has 1 aromatic carbocycles. The minimum absolute atomic E-state index is 0.0390. The summed E-state index contributed by atoms with van der Waals surface area (Å²) < 4.78 is 13.0. The van der Waals surface area contributed by atoms with Gasteiger partial charge in [-0.15, -0.1) is 11.3 Å². The normalized spacial score (nSPS) is 19.8. The molecular weight excluding hydrogens is 337 g/mol. The summed E-state index contributed by atoms with van der Waals surface area (Å²) in [5, 5.41) is 5.21. The molecule has 0 saturated carbocycles. The minimum atomic E-state index is -0.206. The summed E-state index contributed by atoms with van der Waals surface area (Å²) >= 11 is 1.78. The number of thiophene rings is 1. The second kappa shape index (κ2) is 7.04. The third-order valence-electron chi connectivity index (χ3n) is 5.11. The molecule has 2 amide bonds. The summed E-state index contributed by atoms with van der Waals surface area (Å²) in [5.74, 6) is 0.234. The number of hydrogen-bond acceptors (Lipinski definition) is 3. The fourth-order valence-corrected chi connectivity index (χ4v) is 4.54. The van der Waals surface area contributed by atoms with Gasteiger partial charge in [-0.2, -0.15) is 0 Å². The van der Waals surface area contributed by atoms with Crippen LogP contribution in [0, 0.1) is 11.7 Å². The smallest absolute Gasteiger partial charge is 0.317 e. The topological polar surface area (TPSA) is 35.6 Å². The Labute approximate surface area is 151 Å². The second-order valence-electron chi connectivity index (χ2n) is 6.80. The minimum Gasteiger partial charge on any atom is -0.371 e. The highest BCUT2D eigenvalue weighted by molar-refractivity contribution is 7.10. The van der Waals surface area contributed by atoms with Crippen LogP contribution in [0.25, 0.3) is 0 Å². The van der Waals surface area contributed by atoms with Crippen LogP contribution < -0.4 is 10.2 Å². The summed E-state index contributed by atoms with van der Waals surface area (Å²) in [6.45, 7) is 4.07. The number of rotatable bonds is 3. The summed E-state index contributed by atoms with van der Waals surface area (Å²) in [6.07, 6.45) is 2.01. The largest absolute Gasteiger partial charge is 0.371 e. The van der Waals surface area contributed by atoms with Crippen LogP contribution in [0.4, 0.5) is 14.9 Å². The van der Waals surface area contributed by atoms with E-state index in [-0.39, 0.29) is 11.8 Å². The first kappa shape index (κ1) is 16.4. The molecule has 6 heteroatoms. The van der Waals surface area contributed by atoms with Crippen molar-refractivity contribution in [1.82, 2.24) is 10.2 Å². The highest BCUT2D eigenvalue weighted by Gasteiger charge is 2.25. The Morgan fingerprint density at radius 1 is 1.24 bits per heavy atom. The summed E-state index contributed by atoms with van der Waals surface area (Å²) in [6, 6.07) is 8.80. The third kappa shape index (κ3) is 3.63. The SMILES string of the molecule is O=C(NCC1CCN(c2ccc(F)cc2)C1)N1CCc2sccc2C1. The van der Waals surface area contributed by atoms with Crippen LogP contribution in [-0.4, -0.2) is 37.1 Å². The van der Waals surface area contributed by atoms with E-state index >= 15 is 0 Å². The van der Waals surface area contributed by atoms with Crippen LogP contribution in [0.1, 0.15) is 16.9 Å². The van der Waals surface area contributed by atoms with E-state index in [4.69, 9.17) is 0 Å². The zero-order valence-corrected chi connectivity index (χ0v) is 14.9. The van der Waals surface area contributed by atoms with Gasteiger partial charge in [-0.25, -0.2) is 9.18 Å². The lowest BCUT2D eigenvalue weighted by molar-refractivity contribution is 0.191. The van der Waals surface area contributed by atoms with Gasteiger partial charge in [-0.05, 0) is 60.0 Å². The molecule has 4 rings (SSSR count). The van der Waals surface area contributed by atoms with E-state index in [1.54, 1.807) is 11.3 Å². The van der Waals surface area contributed by atoms with Crippen molar-refractivity contribution in [3.63, 3.8) is 0 Å². The van der Waals surface area contributed by atoms with E-state index in [9.17, 15) is 9.18 Å². The molecule has 1 fully saturated rings. The van der Waals surface area contributed by atoms with E-state index in [0.717, 1.165) is 44.7 Å². The van der Waals surface area contributed by atoms with E-state index in [1.807, 2.05) is 17.0 Å². The molecule has 0 aliphatic carbocycles. The van der Waals surface area contributed by atoms with Gasteiger partial charge in [0.2, 0.25) is 0 Å². The molecule has 2 aromatic rings. The monoisotopic (exact) mass is 359 g/mol. The molecular formula is C19H22FN3OS. The fourth-order valence-electron chi connectivity index (χ4n) is 3.65. The van der Waals surface area contributed by atoms with E-state index < -0.39 is 0 Å². The number of fused-ring (bicyclic) bond motifs is 1. The second-order valence-corrected chi connectivity index (χ2v) is 7.80. The number of hydrogen-bond donors (Lipinski definition) is 1. The van der Waals surface area contributed by atoms with Gasteiger partial charge in [-0.3, -0.25) is 0 Å². The lowest BCUT2D eigenvalue weighted by Crippen LogP contribution is -2.44. The summed E-state index contributed by atoms with van der Waals surface area (Å²) in [7, 11) is 0. The molecule has 3 heterocycles. The molecule has 132 valence electrons. The maximum absolute atomic E-state index is 13.0. The quantitative estimate of drug-likeness (QED) is 0.911. The van der Waals surface area contributed by atoms with Crippen molar-refractivity contribution >= 4 is 23.1 Å². The number of nitrogens with zero attached hydrogens (tertiary/aromatic N) is 2. The number of amides is 2. The van der Waals surface area contributed by atoms with Crippen molar-refractivity contribution in [3.8, 4) is 0 Å². The number of urea groups is 1. The predicted molar refractivity (Wildman–Crippen MR) is 98.6 cm³/mol. The Balaban J connectivity index is 1.26. The molecule has 0 radical (unpaired) electrons. The van der Waals surface area contributed by atoms with Crippen molar-refractivity contribution < 1.29 is 9.18 Å². The van der Waals surface area contributed by atoms with Crippen LogP contribution in [0.3, 0.4) is 0 Å². The van der Waals surface area contributed by atoms with E-state index in [0.29, 0.717) is 12.5 Å².